The van der Waals surface area contributed by atoms with E-state index in [2.05, 4.69) is 16.0 Å². The van der Waals surface area contributed by atoms with Crippen molar-refractivity contribution in [2.24, 2.45) is 5.41 Å². The van der Waals surface area contributed by atoms with Crippen LogP contribution in [0.25, 0.3) is 0 Å². The van der Waals surface area contributed by atoms with Gasteiger partial charge < -0.3 is 39.2 Å². The molecule has 0 spiro atoms. The fourth-order valence-electron chi connectivity index (χ4n) is 8.36. The van der Waals surface area contributed by atoms with E-state index in [1.807, 2.05) is 19.1 Å². The minimum absolute atomic E-state index is 0.00502. The van der Waals surface area contributed by atoms with Gasteiger partial charge in [-0.3, -0.25) is 48.6 Å². The first kappa shape index (κ1) is 52.1. The summed E-state index contributed by atoms with van der Waals surface area (Å²) >= 11 is 0. The van der Waals surface area contributed by atoms with Gasteiger partial charge in [-0.05, 0) is 105 Å². The molecule has 3 N–H and O–H groups in total. The lowest BCUT2D eigenvalue weighted by atomic mass is 9.84. The Hall–Kier alpha value is -7.31. The fraction of sp³-hybridized carbons (Fsp3) is 0.471. The number of amides is 7. The summed E-state index contributed by atoms with van der Waals surface area (Å²) < 4.78 is 28.6. The molecule has 374 valence electrons. The number of nitrogens with zero attached hydrogens (tertiary/aromatic N) is 2. The summed E-state index contributed by atoms with van der Waals surface area (Å²) in [4.78, 5) is 119. The molecule has 2 fully saturated rings. The van der Waals surface area contributed by atoms with Crippen molar-refractivity contribution in [3.63, 3.8) is 0 Å². The van der Waals surface area contributed by atoms with Gasteiger partial charge in [0.1, 0.15) is 29.7 Å². The SMILES string of the molecule is CCC(C)(C)C(=O)C(=O)N1CCCC[C@H]1C(=O)O[C@H](CCc1ccc(OC)c(OC)c1)c1cccc(OCC(=O)NCCCCNC(=O)COc2cccc3c2C(=O)N(C2CCC(=O)NC2=O)C3=O)c1. The Morgan fingerprint density at radius 2 is 1.50 bits per heavy atom. The van der Waals surface area contributed by atoms with Crippen LogP contribution in [-0.2, 0) is 44.7 Å². The lowest BCUT2D eigenvalue weighted by molar-refractivity contribution is -0.164. The molecule has 3 aromatic carbocycles. The second-order valence-electron chi connectivity index (χ2n) is 17.9. The Balaban J connectivity index is 0.980. The number of imide groups is 2. The highest BCUT2D eigenvalue weighted by molar-refractivity contribution is 6.38. The first-order chi connectivity index (χ1) is 33.6. The molecule has 0 aliphatic carbocycles. The number of carbonyl (C=O) groups is 9. The number of esters is 1. The first-order valence-corrected chi connectivity index (χ1v) is 23.6. The number of rotatable bonds is 23. The van der Waals surface area contributed by atoms with Crippen LogP contribution in [0, 0.1) is 5.41 Å². The topological polar surface area (TPSA) is 242 Å². The standard InChI is InChI=1S/C51H61N5O14/c1-6-51(2,3)45(60)49(64)55-26-10-7-16-36(55)50(65)70-37(21-18-31-19-22-38(66-4)40(27-31)67-5)32-13-11-14-33(28-32)68-29-42(58)52-24-8-9-25-53-43(59)30-69-39-17-12-15-34-44(39)48(63)56(47(34)62)35-20-23-41(57)54-46(35)61/h11-15,17,19,22,27-28,35-37H,6-10,16,18,20-21,23-26,29-30H2,1-5H3,(H,52,58)(H,53,59)(H,54,57,61)/t35?,36-,37+/m0/s1. The maximum Gasteiger partial charge on any atom is 0.329 e. The van der Waals surface area contributed by atoms with Gasteiger partial charge in [0.15, 0.2) is 24.7 Å². The third-order valence-electron chi connectivity index (χ3n) is 12.8. The van der Waals surface area contributed by atoms with E-state index in [1.54, 1.807) is 58.4 Å². The Bertz CT molecular complexity index is 2490. The predicted molar refractivity (Wildman–Crippen MR) is 251 cm³/mol. The van der Waals surface area contributed by atoms with Gasteiger partial charge in [0.25, 0.3) is 29.5 Å². The summed E-state index contributed by atoms with van der Waals surface area (Å²) in [6, 6.07) is 14.7. The number of benzene rings is 3. The van der Waals surface area contributed by atoms with Crippen LogP contribution < -0.4 is 34.9 Å². The molecule has 0 saturated carbocycles. The number of carbonyl (C=O) groups excluding carboxylic acids is 9. The predicted octanol–water partition coefficient (Wildman–Crippen LogP) is 4.18. The minimum Gasteiger partial charge on any atom is -0.493 e. The van der Waals surface area contributed by atoms with E-state index in [-0.39, 0.29) is 55.3 Å². The monoisotopic (exact) mass is 967 g/mol. The number of fused-ring (bicyclic) bond motifs is 1. The van der Waals surface area contributed by atoms with Crippen LogP contribution in [0.4, 0.5) is 0 Å². The Morgan fingerprint density at radius 1 is 0.800 bits per heavy atom. The van der Waals surface area contributed by atoms with Crippen molar-refractivity contribution >= 4 is 53.1 Å². The van der Waals surface area contributed by atoms with Crippen LogP contribution in [-0.4, -0.2) is 122 Å². The zero-order valence-electron chi connectivity index (χ0n) is 40.2. The maximum absolute atomic E-state index is 14.0. The highest BCUT2D eigenvalue weighted by Crippen LogP contribution is 2.35. The lowest BCUT2D eigenvalue weighted by Crippen LogP contribution is -2.54. The van der Waals surface area contributed by atoms with Crippen LogP contribution in [0.2, 0.25) is 0 Å². The number of Topliss-reactive ketones (excluding diaryl/α,β-unsaturated/α-hetero) is 1. The number of hydrogen-bond acceptors (Lipinski definition) is 14. The average Bonchev–Trinajstić information content (AvgIpc) is 3.62. The van der Waals surface area contributed by atoms with Gasteiger partial charge in [-0.1, -0.05) is 45.0 Å². The summed E-state index contributed by atoms with van der Waals surface area (Å²) in [5.74, 6) is -3.89. The molecule has 3 aliphatic rings. The van der Waals surface area contributed by atoms with Gasteiger partial charge in [-0.2, -0.15) is 0 Å². The molecule has 19 heteroatoms. The zero-order chi connectivity index (χ0) is 50.5. The molecule has 2 saturated heterocycles. The number of methoxy groups -OCH3 is 2. The molecule has 3 heterocycles. The number of aryl methyl sites for hydroxylation is 1. The molecule has 70 heavy (non-hydrogen) atoms. The number of hydrogen-bond donors (Lipinski definition) is 3. The van der Waals surface area contributed by atoms with Gasteiger partial charge in [0.2, 0.25) is 17.6 Å². The summed E-state index contributed by atoms with van der Waals surface area (Å²) in [5, 5.41) is 7.66. The summed E-state index contributed by atoms with van der Waals surface area (Å²) in [6.07, 6.45) is 3.20. The second kappa shape index (κ2) is 23.8. The molecule has 19 nitrogen and oxygen atoms in total. The van der Waals surface area contributed by atoms with Crippen molar-refractivity contribution in [2.75, 3.05) is 47.1 Å². The maximum atomic E-state index is 14.0. The number of piperidine rings is 2. The van der Waals surface area contributed by atoms with Crippen LogP contribution >= 0.6 is 0 Å². The Kier molecular flexibility index (Phi) is 17.7. The van der Waals surface area contributed by atoms with Crippen molar-refractivity contribution in [3.05, 3.63) is 82.9 Å². The number of nitrogens with one attached hydrogen (secondary N) is 3. The Morgan fingerprint density at radius 3 is 2.19 bits per heavy atom. The largest absolute Gasteiger partial charge is 0.493 e. The number of likely N-dealkylation sites (tertiary alicyclic amines) is 1. The van der Waals surface area contributed by atoms with E-state index in [1.165, 1.54) is 23.1 Å². The van der Waals surface area contributed by atoms with Crippen LogP contribution in [0.1, 0.15) is 117 Å². The molecule has 1 unspecified atom stereocenters. The second-order valence-corrected chi connectivity index (χ2v) is 17.9. The van der Waals surface area contributed by atoms with E-state index < -0.39 is 77.4 Å². The highest BCUT2D eigenvalue weighted by Gasteiger charge is 2.46. The summed E-state index contributed by atoms with van der Waals surface area (Å²) in [6.45, 7) is 5.34. The molecule has 6 rings (SSSR count). The smallest absolute Gasteiger partial charge is 0.329 e. The Labute approximate surface area is 406 Å². The van der Waals surface area contributed by atoms with E-state index in [4.69, 9.17) is 23.7 Å². The quantitative estimate of drug-likeness (QED) is 0.0523. The van der Waals surface area contributed by atoms with E-state index in [0.717, 1.165) is 10.5 Å². The molecule has 0 radical (unpaired) electrons. The summed E-state index contributed by atoms with van der Waals surface area (Å²) in [5.41, 5.74) is 0.589. The van der Waals surface area contributed by atoms with Gasteiger partial charge >= 0.3 is 5.97 Å². The van der Waals surface area contributed by atoms with Crippen molar-refractivity contribution in [3.8, 4) is 23.0 Å². The molecular weight excluding hydrogens is 907 g/mol. The van der Waals surface area contributed by atoms with Gasteiger partial charge in [-0.15, -0.1) is 0 Å². The first-order valence-electron chi connectivity index (χ1n) is 23.6. The highest BCUT2D eigenvalue weighted by atomic mass is 16.5. The fourth-order valence-corrected chi connectivity index (χ4v) is 8.36. The van der Waals surface area contributed by atoms with E-state index >= 15 is 0 Å². The molecule has 7 amide bonds. The zero-order valence-corrected chi connectivity index (χ0v) is 40.2. The van der Waals surface area contributed by atoms with E-state index in [9.17, 15) is 43.2 Å². The lowest BCUT2D eigenvalue weighted by Gasteiger charge is -2.36. The average molecular weight is 968 g/mol. The third-order valence-corrected chi connectivity index (χ3v) is 12.8. The van der Waals surface area contributed by atoms with Crippen molar-refractivity contribution < 1.29 is 66.8 Å². The normalized spacial score (nSPS) is 17.2. The van der Waals surface area contributed by atoms with Gasteiger partial charge in [-0.25, -0.2) is 4.79 Å². The number of unbranched alkanes of at least 4 members (excludes halogenated alkanes) is 1. The van der Waals surface area contributed by atoms with Gasteiger partial charge in [0, 0.05) is 31.5 Å². The van der Waals surface area contributed by atoms with Crippen LogP contribution in [0.15, 0.2) is 60.7 Å². The molecule has 3 aliphatic heterocycles. The molecule has 3 atom stereocenters. The van der Waals surface area contributed by atoms with E-state index in [0.29, 0.717) is 80.7 Å². The molecule has 3 aromatic rings. The van der Waals surface area contributed by atoms with Crippen LogP contribution in [0.3, 0.4) is 0 Å². The third kappa shape index (κ3) is 12.7. The van der Waals surface area contributed by atoms with Gasteiger partial charge in [0.05, 0.1) is 25.3 Å². The van der Waals surface area contributed by atoms with Crippen LogP contribution in [0.5, 0.6) is 23.0 Å². The van der Waals surface area contributed by atoms with Crippen molar-refractivity contribution in [1.82, 2.24) is 25.8 Å². The molecular formula is C51H61N5O14. The number of ketones is 1. The van der Waals surface area contributed by atoms with Crippen molar-refractivity contribution in [1.29, 1.82) is 0 Å². The minimum atomic E-state index is -1.14. The van der Waals surface area contributed by atoms with Crippen molar-refractivity contribution in [2.45, 2.75) is 103 Å². The summed E-state index contributed by atoms with van der Waals surface area (Å²) in [7, 11) is 3.09. The number of ether oxygens (including phenoxy) is 5. The molecule has 0 bridgehead atoms. The molecule has 0 aromatic heterocycles.